The third kappa shape index (κ3) is 2.96. The van der Waals surface area contributed by atoms with Gasteiger partial charge in [0, 0.05) is 29.6 Å². The number of halogens is 1. The molecule has 0 bridgehead atoms. The molecule has 1 aromatic heterocycles. The highest BCUT2D eigenvalue weighted by Gasteiger charge is 2.14. The molecule has 0 N–H and O–H groups in total. The first kappa shape index (κ1) is 14.5. The van der Waals surface area contributed by atoms with Crippen molar-refractivity contribution in [3.63, 3.8) is 0 Å². The number of ether oxygens (including phenoxy) is 1. The van der Waals surface area contributed by atoms with E-state index in [1.165, 1.54) is 6.07 Å². The molecule has 20 heavy (non-hydrogen) atoms. The molecule has 0 atom stereocenters. The minimum absolute atomic E-state index is 0.0430. The predicted octanol–water partition coefficient (Wildman–Crippen LogP) is 3.18. The molecule has 0 aliphatic carbocycles. The smallest absolute Gasteiger partial charge is 0.190 e. The van der Waals surface area contributed by atoms with Gasteiger partial charge >= 0.3 is 0 Å². The van der Waals surface area contributed by atoms with Crippen LogP contribution >= 0.6 is 0 Å². The monoisotopic (exact) mass is 275 g/mol. The molecular formula is C16H18FNO2. The second-order valence-corrected chi connectivity index (χ2v) is 4.85. The van der Waals surface area contributed by atoms with Crippen molar-refractivity contribution >= 4 is 5.78 Å². The first-order valence-corrected chi connectivity index (χ1v) is 6.48. The summed E-state index contributed by atoms with van der Waals surface area (Å²) in [7, 11) is 1.92. The Bertz CT molecular complexity index is 631. The predicted molar refractivity (Wildman–Crippen MR) is 75.3 cm³/mol. The Balaban J connectivity index is 1.96. The third-order valence-corrected chi connectivity index (χ3v) is 3.52. The standard InChI is InChI=1S/C16H18FNO2/c1-11-8-14(12(2)18(11)3)16(19)10-20-9-13-6-4-5-7-15(13)17/h4-8H,9-10H2,1-3H3. The van der Waals surface area contributed by atoms with Crippen LogP contribution in [0, 0.1) is 19.7 Å². The average Bonchev–Trinajstić information content (AvgIpc) is 2.68. The summed E-state index contributed by atoms with van der Waals surface area (Å²) in [6, 6.07) is 8.25. The molecule has 2 aromatic rings. The zero-order valence-electron chi connectivity index (χ0n) is 11.9. The van der Waals surface area contributed by atoms with E-state index >= 15 is 0 Å². The topological polar surface area (TPSA) is 31.2 Å². The molecule has 1 aromatic carbocycles. The molecule has 0 saturated carbocycles. The van der Waals surface area contributed by atoms with Gasteiger partial charge in [-0.2, -0.15) is 0 Å². The summed E-state index contributed by atoms with van der Waals surface area (Å²) in [6.07, 6.45) is 0. The lowest BCUT2D eigenvalue weighted by Crippen LogP contribution is -2.10. The quantitative estimate of drug-likeness (QED) is 0.785. The van der Waals surface area contributed by atoms with Crippen LogP contribution in [0.1, 0.15) is 27.3 Å². The average molecular weight is 275 g/mol. The maximum absolute atomic E-state index is 13.4. The molecule has 3 nitrogen and oxygen atoms in total. The lowest BCUT2D eigenvalue weighted by molar-refractivity contribution is 0.0720. The van der Waals surface area contributed by atoms with E-state index in [1.807, 2.05) is 31.5 Å². The normalized spacial score (nSPS) is 10.8. The van der Waals surface area contributed by atoms with Crippen molar-refractivity contribution in [2.75, 3.05) is 6.61 Å². The van der Waals surface area contributed by atoms with E-state index in [9.17, 15) is 9.18 Å². The molecule has 4 heteroatoms. The van der Waals surface area contributed by atoms with Gasteiger partial charge in [0.2, 0.25) is 0 Å². The fourth-order valence-corrected chi connectivity index (χ4v) is 2.08. The van der Waals surface area contributed by atoms with Gasteiger partial charge in [-0.1, -0.05) is 18.2 Å². The van der Waals surface area contributed by atoms with Gasteiger partial charge in [0.25, 0.3) is 0 Å². The number of aromatic nitrogens is 1. The number of Topliss-reactive ketones (excluding diaryl/α,β-unsaturated/α-hetero) is 1. The number of ketones is 1. The SMILES string of the molecule is Cc1cc(C(=O)COCc2ccccc2F)c(C)n1C. The summed E-state index contributed by atoms with van der Waals surface area (Å²) in [5.74, 6) is -0.394. The number of benzene rings is 1. The summed E-state index contributed by atoms with van der Waals surface area (Å²) >= 11 is 0. The molecule has 0 aliphatic rings. The Morgan fingerprint density at radius 2 is 2.00 bits per heavy atom. The number of aryl methyl sites for hydroxylation is 1. The van der Waals surface area contributed by atoms with Crippen LogP contribution in [-0.4, -0.2) is 17.0 Å². The minimum Gasteiger partial charge on any atom is -0.369 e. The Morgan fingerprint density at radius 3 is 2.60 bits per heavy atom. The van der Waals surface area contributed by atoms with Crippen LogP contribution in [0.3, 0.4) is 0 Å². The van der Waals surface area contributed by atoms with E-state index < -0.39 is 0 Å². The van der Waals surface area contributed by atoms with Crippen LogP contribution in [0.4, 0.5) is 4.39 Å². The summed E-state index contributed by atoms with van der Waals surface area (Å²) < 4.78 is 20.7. The van der Waals surface area contributed by atoms with E-state index in [2.05, 4.69) is 0 Å². The van der Waals surface area contributed by atoms with Gasteiger partial charge in [-0.3, -0.25) is 4.79 Å². The highest BCUT2D eigenvalue weighted by Crippen LogP contribution is 2.14. The molecule has 0 aliphatic heterocycles. The van der Waals surface area contributed by atoms with Crippen molar-refractivity contribution in [2.45, 2.75) is 20.5 Å². The zero-order chi connectivity index (χ0) is 14.7. The first-order chi connectivity index (χ1) is 9.50. The number of rotatable bonds is 5. The van der Waals surface area contributed by atoms with E-state index in [0.29, 0.717) is 11.1 Å². The third-order valence-electron chi connectivity index (χ3n) is 3.52. The molecule has 2 rings (SSSR count). The number of nitrogens with zero attached hydrogens (tertiary/aromatic N) is 1. The molecule has 1 heterocycles. The molecular weight excluding hydrogens is 257 g/mol. The Kier molecular flexibility index (Phi) is 4.35. The van der Waals surface area contributed by atoms with Gasteiger partial charge in [0.1, 0.15) is 12.4 Å². The largest absolute Gasteiger partial charge is 0.369 e. The molecule has 0 amide bonds. The lowest BCUT2D eigenvalue weighted by atomic mass is 10.1. The van der Waals surface area contributed by atoms with Crippen molar-refractivity contribution < 1.29 is 13.9 Å². The molecule has 0 unspecified atom stereocenters. The fraction of sp³-hybridized carbons (Fsp3) is 0.312. The van der Waals surface area contributed by atoms with Crippen molar-refractivity contribution in [3.05, 3.63) is 58.7 Å². The molecule has 0 saturated heterocycles. The fourth-order valence-electron chi connectivity index (χ4n) is 2.08. The zero-order valence-corrected chi connectivity index (χ0v) is 11.9. The van der Waals surface area contributed by atoms with E-state index in [0.717, 1.165) is 11.4 Å². The minimum atomic E-state index is -0.313. The van der Waals surface area contributed by atoms with Crippen molar-refractivity contribution in [2.24, 2.45) is 7.05 Å². The van der Waals surface area contributed by atoms with Crippen LogP contribution in [-0.2, 0) is 18.4 Å². The van der Waals surface area contributed by atoms with Crippen LogP contribution in [0.5, 0.6) is 0 Å². The summed E-state index contributed by atoms with van der Waals surface area (Å²) in [5.41, 5.74) is 3.07. The summed E-state index contributed by atoms with van der Waals surface area (Å²) in [5, 5.41) is 0. The van der Waals surface area contributed by atoms with Gasteiger partial charge in [0.15, 0.2) is 5.78 Å². The Labute approximate surface area is 118 Å². The maximum atomic E-state index is 13.4. The van der Waals surface area contributed by atoms with E-state index in [1.54, 1.807) is 18.2 Å². The first-order valence-electron chi connectivity index (χ1n) is 6.48. The Morgan fingerprint density at radius 1 is 1.30 bits per heavy atom. The van der Waals surface area contributed by atoms with Crippen LogP contribution in [0.15, 0.2) is 30.3 Å². The molecule has 0 fully saturated rings. The van der Waals surface area contributed by atoms with Crippen LogP contribution in [0.2, 0.25) is 0 Å². The highest BCUT2D eigenvalue weighted by molar-refractivity contribution is 5.98. The number of hydrogen-bond acceptors (Lipinski definition) is 2. The summed E-state index contributed by atoms with van der Waals surface area (Å²) in [4.78, 5) is 12.1. The van der Waals surface area contributed by atoms with E-state index in [-0.39, 0.29) is 24.8 Å². The lowest BCUT2D eigenvalue weighted by Gasteiger charge is -2.05. The highest BCUT2D eigenvalue weighted by atomic mass is 19.1. The van der Waals surface area contributed by atoms with Crippen LogP contribution in [0.25, 0.3) is 0 Å². The molecule has 0 spiro atoms. The van der Waals surface area contributed by atoms with E-state index in [4.69, 9.17) is 4.74 Å². The van der Waals surface area contributed by atoms with Crippen molar-refractivity contribution in [3.8, 4) is 0 Å². The van der Waals surface area contributed by atoms with Gasteiger partial charge in [-0.05, 0) is 26.0 Å². The summed E-state index contributed by atoms with van der Waals surface area (Å²) in [6.45, 7) is 3.91. The second kappa shape index (κ2) is 6.01. The van der Waals surface area contributed by atoms with Gasteiger partial charge in [-0.25, -0.2) is 4.39 Å². The number of carbonyl (C=O) groups is 1. The van der Waals surface area contributed by atoms with Crippen molar-refractivity contribution in [1.82, 2.24) is 4.57 Å². The number of carbonyl (C=O) groups excluding carboxylic acids is 1. The molecule has 106 valence electrons. The maximum Gasteiger partial charge on any atom is 0.190 e. The van der Waals surface area contributed by atoms with Gasteiger partial charge in [0.05, 0.1) is 6.61 Å². The number of hydrogen-bond donors (Lipinski definition) is 0. The van der Waals surface area contributed by atoms with Gasteiger partial charge < -0.3 is 9.30 Å². The second-order valence-electron chi connectivity index (χ2n) is 4.85. The Hall–Kier alpha value is -1.94. The van der Waals surface area contributed by atoms with Crippen LogP contribution < -0.4 is 0 Å². The van der Waals surface area contributed by atoms with Crippen molar-refractivity contribution in [1.29, 1.82) is 0 Å². The van der Waals surface area contributed by atoms with Gasteiger partial charge in [-0.15, -0.1) is 0 Å². The molecule has 0 radical (unpaired) electrons.